The van der Waals surface area contributed by atoms with Gasteiger partial charge >= 0.3 is 0 Å². The fourth-order valence-corrected chi connectivity index (χ4v) is 2.49. The zero-order chi connectivity index (χ0) is 15.1. The number of hydrogen-bond acceptors (Lipinski definition) is 3. The van der Waals surface area contributed by atoms with Gasteiger partial charge in [-0.1, -0.05) is 27.2 Å². The molecule has 0 saturated carbocycles. The molecule has 2 amide bonds. The third-order valence-corrected chi connectivity index (χ3v) is 3.85. The van der Waals surface area contributed by atoms with Gasteiger partial charge in [0.1, 0.15) is 0 Å². The molecule has 2 N–H and O–H groups in total. The highest BCUT2D eigenvalue weighted by Crippen LogP contribution is 2.20. The number of nitrogens with one attached hydrogen (secondary N) is 2. The van der Waals surface area contributed by atoms with Gasteiger partial charge in [0.05, 0.1) is 12.6 Å². The molecule has 116 valence electrons. The van der Waals surface area contributed by atoms with E-state index in [0.29, 0.717) is 18.4 Å². The normalized spacial score (nSPS) is 22.6. The van der Waals surface area contributed by atoms with Crippen LogP contribution in [-0.4, -0.2) is 49.4 Å². The SMILES string of the molecule is CCC1CCNC(C(=O)N(C)CC(=O)NCC(C)C)C1. The second kappa shape index (κ2) is 8.25. The lowest BCUT2D eigenvalue weighted by Gasteiger charge is -2.31. The van der Waals surface area contributed by atoms with Crippen molar-refractivity contribution in [1.82, 2.24) is 15.5 Å². The lowest BCUT2D eigenvalue weighted by atomic mass is 9.90. The molecule has 0 radical (unpaired) electrons. The number of nitrogens with zero attached hydrogens (tertiary/aromatic N) is 1. The summed E-state index contributed by atoms with van der Waals surface area (Å²) in [6.45, 7) is 7.95. The van der Waals surface area contributed by atoms with E-state index in [2.05, 4.69) is 17.6 Å². The average Bonchev–Trinajstić information content (AvgIpc) is 2.44. The molecular weight excluding hydrogens is 254 g/mol. The highest BCUT2D eigenvalue weighted by Gasteiger charge is 2.28. The Hall–Kier alpha value is -1.10. The van der Waals surface area contributed by atoms with E-state index in [0.717, 1.165) is 25.8 Å². The number of carbonyl (C=O) groups excluding carboxylic acids is 2. The second-order valence-corrected chi connectivity index (χ2v) is 6.20. The molecule has 0 bridgehead atoms. The maximum absolute atomic E-state index is 12.3. The molecule has 5 nitrogen and oxygen atoms in total. The zero-order valence-corrected chi connectivity index (χ0v) is 13.2. The Balaban J connectivity index is 2.40. The third kappa shape index (κ3) is 5.49. The van der Waals surface area contributed by atoms with Crippen molar-refractivity contribution >= 4 is 11.8 Å². The quantitative estimate of drug-likeness (QED) is 0.764. The number of likely N-dealkylation sites (N-methyl/N-ethyl adjacent to an activating group) is 1. The van der Waals surface area contributed by atoms with Crippen LogP contribution in [0.25, 0.3) is 0 Å². The van der Waals surface area contributed by atoms with Crippen LogP contribution in [0.1, 0.15) is 40.0 Å². The molecule has 1 fully saturated rings. The molecule has 0 spiro atoms. The van der Waals surface area contributed by atoms with Crippen molar-refractivity contribution in [1.29, 1.82) is 0 Å². The molecule has 0 aromatic rings. The number of rotatable bonds is 6. The monoisotopic (exact) mass is 283 g/mol. The van der Waals surface area contributed by atoms with Crippen LogP contribution >= 0.6 is 0 Å². The van der Waals surface area contributed by atoms with E-state index in [1.807, 2.05) is 13.8 Å². The van der Waals surface area contributed by atoms with Crippen LogP contribution in [0.3, 0.4) is 0 Å². The van der Waals surface area contributed by atoms with E-state index in [1.54, 1.807) is 7.05 Å². The molecular formula is C15H29N3O2. The predicted molar refractivity (Wildman–Crippen MR) is 80.3 cm³/mol. The Morgan fingerprint density at radius 1 is 1.40 bits per heavy atom. The Morgan fingerprint density at radius 2 is 2.10 bits per heavy atom. The minimum absolute atomic E-state index is 0.0304. The highest BCUT2D eigenvalue weighted by atomic mass is 16.2. The lowest BCUT2D eigenvalue weighted by Crippen LogP contribution is -2.51. The summed E-state index contributed by atoms with van der Waals surface area (Å²) in [4.78, 5) is 25.6. The van der Waals surface area contributed by atoms with Crippen LogP contribution in [0.5, 0.6) is 0 Å². The first-order valence-corrected chi connectivity index (χ1v) is 7.69. The Labute approximate surface area is 122 Å². The number of piperidine rings is 1. The second-order valence-electron chi connectivity index (χ2n) is 6.20. The van der Waals surface area contributed by atoms with Gasteiger partial charge in [0.25, 0.3) is 0 Å². The molecule has 2 atom stereocenters. The van der Waals surface area contributed by atoms with Gasteiger partial charge in [-0.25, -0.2) is 0 Å². The fourth-order valence-electron chi connectivity index (χ4n) is 2.49. The molecule has 0 aromatic heterocycles. The number of carbonyl (C=O) groups is 2. The van der Waals surface area contributed by atoms with E-state index in [1.165, 1.54) is 4.90 Å². The van der Waals surface area contributed by atoms with Crippen LogP contribution < -0.4 is 10.6 Å². The summed E-state index contributed by atoms with van der Waals surface area (Å²) in [5.74, 6) is 0.985. The van der Waals surface area contributed by atoms with Gasteiger partial charge in [-0.2, -0.15) is 0 Å². The summed E-state index contributed by atoms with van der Waals surface area (Å²) in [6.07, 6.45) is 3.14. The van der Waals surface area contributed by atoms with Gasteiger partial charge in [0.15, 0.2) is 0 Å². The Morgan fingerprint density at radius 3 is 2.70 bits per heavy atom. The van der Waals surface area contributed by atoms with Gasteiger partial charge in [-0.3, -0.25) is 9.59 Å². The van der Waals surface area contributed by atoms with Gasteiger partial charge in [0, 0.05) is 13.6 Å². The molecule has 1 heterocycles. The van der Waals surface area contributed by atoms with Crippen LogP contribution in [0, 0.1) is 11.8 Å². The summed E-state index contributed by atoms with van der Waals surface area (Å²) < 4.78 is 0. The minimum Gasteiger partial charge on any atom is -0.354 e. The predicted octanol–water partition coefficient (Wildman–Crippen LogP) is 0.995. The van der Waals surface area contributed by atoms with Crippen molar-refractivity contribution < 1.29 is 9.59 Å². The van der Waals surface area contributed by atoms with Crippen LogP contribution in [0.2, 0.25) is 0 Å². The topological polar surface area (TPSA) is 61.4 Å². The van der Waals surface area contributed by atoms with Gasteiger partial charge < -0.3 is 15.5 Å². The van der Waals surface area contributed by atoms with Gasteiger partial charge in [-0.15, -0.1) is 0 Å². The summed E-state index contributed by atoms with van der Waals surface area (Å²) in [6, 6.07) is -0.128. The van der Waals surface area contributed by atoms with Crippen LogP contribution in [0.15, 0.2) is 0 Å². The maximum Gasteiger partial charge on any atom is 0.239 e. The largest absolute Gasteiger partial charge is 0.354 e. The molecule has 20 heavy (non-hydrogen) atoms. The smallest absolute Gasteiger partial charge is 0.239 e. The number of amides is 2. The molecule has 2 unspecified atom stereocenters. The summed E-state index contributed by atoms with van der Waals surface area (Å²) in [7, 11) is 1.70. The van der Waals surface area contributed by atoms with Crippen molar-refractivity contribution in [3.63, 3.8) is 0 Å². The molecule has 0 aliphatic carbocycles. The summed E-state index contributed by atoms with van der Waals surface area (Å²) in [5, 5.41) is 6.10. The van der Waals surface area contributed by atoms with Crippen molar-refractivity contribution in [2.45, 2.75) is 46.1 Å². The molecule has 0 aromatic carbocycles. The van der Waals surface area contributed by atoms with E-state index in [9.17, 15) is 9.59 Å². The molecule has 5 heteroatoms. The van der Waals surface area contributed by atoms with E-state index in [4.69, 9.17) is 0 Å². The minimum atomic E-state index is -0.128. The fraction of sp³-hybridized carbons (Fsp3) is 0.867. The van der Waals surface area contributed by atoms with Crippen molar-refractivity contribution in [3.8, 4) is 0 Å². The summed E-state index contributed by atoms with van der Waals surface area (Å²) >= 11 is 0. The first-order valence-electron chi connectivity index (χ1n) is 7.69. The van der Waals surface area contributed by atoms with Crippen molar-refractivity contribution in [2.75, 3.05) is 26.7 Å². The van der Waals surface area contributed by atoms with Crippen LogP contribution in [-0.2, 0) is 9.59 Å². The Kier molecular flexibility index (Phi) is 6.99. The molecule has 1 aliphatic heterocycles. The van der Waals surface area contributed by atoms with Crippen molar-refractivity contribution in [2.24, 2.45) is 11.8 Å². The molecule has 1 aliphatic rings. The lowest BCUT2D eigenvalue weighted by molar-refractivity contribution is -0.137. The first-order chi connectivity index (χ1) is 9.43. The van der Waals surface area contributed by atoms with E-state index >= 15 is 0 Å². The standard InChI is InChI=1S/C15H29N3O2/c1-5-12-6-7-16-13(8-12)15(20)18(4)10-14(19)17-9-11(2)3/h11-13,16H,5-10H2,1-4H3,(H,17,19). The van der Waals surface area contributed by atoms with E-state index < -0.39 is 0 Å². The first kappa shape index (κ1) is 17.0. The van der Waals surface area contributed by atoms with E-state index in [-0.39, 0.29) is 24.4 Å². The third-order valence-electron chi connectivity index (χ3n) is 3.85. The zero-order valence-electron chi connectivity index (χ0n) is 13.2. The van der Waals surface area contributed by atoms with Gasteiger partial charge in [0.2, 0.25) is 11.8 Å². The summed E-state index contributed by atoms with van der Waals surface area (Å²) in [5.41, 5.74) is 0. The number of hydrogen-bond donors (Lipinski definition) is 2. The van der Waals surface area contributed by atoms with Crippen LogP contribution in [0.4, 0.5) is 0 Å². The molecule has 1 rings (SSSR count). The van der Waals surface area contributed by atoms with Gasteiger partial charge in [-0.05, 0) is 31.2 Å². The van der Waals surface area contributed by atoms with Crippen molar-refractivity contribution in [3.05, 3.63) is 0 Å². The Bertz CT molecular complexity index is 331. The average molecular weight is 283 g/mol. The molecule has 1 saturated heterocycles. The highest BCUT2D eigenvalue weighted by molar-refractivity contribution is 5.87. The maximum atomic E-state index is 12.3.